The van der Waals surface area contributed by atoms with Crippen LogP contribution in [0.4, 0.5) is 0 Å². The Morgan fingerprint density at radius 1 is 1.26 bits per heavy atom. The van der Waals surface area contributed by atoms with E-state index in [9.17, 15) is 0 Å². The molecule has 0 amide bonds. The minimum absolute atomic E-state index is 0.344. The van der Waals surface area contributed by atoms with Gasteiger partial charge in [-0.25, -0.2) is 0 Å². The summed E-state index contributed by atoms with van der Waals surface area (Å²) in [5, 5.41) is 7.43. The van der Waals surface area contributed by atoms with Gasteiger partial charge in [0.15, 0.2) is 5.82 Å². The first-order valence-corrected chi connectivity index (χ1v) is 7.48. The molecule has 1 aliphatic rings. The van der Waals surface area contributed by atoms with Gasteiger partial charge in [-0.2, -0.15) is 4.98 Å². The lowest BCUT2D eigenvalue weighted by Gasteiger charge is -2.28. The smallest absolute Gasteiger partial charge is 0.252 e. The van der Waals surface area contributed by atoms with Crippen LogP contribution < -0.4 is 5.32 Å². The van der Waals surface area contributed by atoms with Crippen LogP contribution in [0.5, 0.6) is 0 Å². The van der Waals surface area contributed by atoms with E-state index in [0.29, 0.717) is 24.6 Å². The SMILES string of the molecule is CCCc1noc(COC2CCC(NCC)CC2)n1. The Balaban J connectivity index is 1.68. The summed E-state index contributed by atoms with van der Waals surface area (Å²) in [7, 11) is 0. The van der Waals surface area contributed by atoms with Gasteiger partial charge in [-0.05, 0) is 38.6 Å². The van der Waals surface area contributed by atoms with Crippen LogP contribution in [0.2, 0.25) is 0 Å². The molecule has 0 radical (unpaired) electrons. The summed E-state index contributed by atoms with van der Waals surface area (Å²) in [6, 6.07) is 0.671. The van der Waals surface area contributed by atoms with Crippen LogP contribution in [-0.4, -0.2) is 28.8 Å². The second-order valence-corrected chi connectivity index (χ2v) is 5.20. The normalized spacial score (nSPS) is 23.7. The third-order valence-corrected chi connectivity index (χ3v) is 3.59. The number of nitrogens with zero attached hydrogens (tertiary/aromatic N) is 2. The Bertz CT molecular complexity index is 359. The van der Waals surface area contributed by atoms with Crippen molar-refractivity contribution in [2.75, 3.05) is 6.54 Å². The summed E-state index contributed by atoms with van der Waals surface area (Å²) < 4.78 is 11.0. The summed E-state index contributed by atoms with van der Waals surface area (Å²) in [5.41, 5.74) is 0. The van der Waals surface area contributed by atoms with Crippen LogP contribution in [-0.2, 0) is 17.8 Å². The first-order chi connectivity index (χ1) is 9.31. The lowest BCUT2D eigenvalue weighted by molar-refractivity contribution is -0.000129. The van der Waals surface area contributed by atoms with Gasteiger partial charge in [0.1, 0.15) is 6.61 Å². The van der Waals surface area contributed by atoms with Crippen molar-refractivity contribution in [3.8, 4) is 0 Å². The molecule has 1 saturated carbocycles. The van der Waals surface area contributed by atoms with Gasteiger partial charge in [-0.3, -0.25) is 0 Å². The molecular formula is C14H25N3O2. The number of ether oxygens (including phenoxy) is 1. The topological polar surface area (TPSA) is 60.2 Å². The van der Waals surface area contributed by atoms with Gasteiger partial charge >= 0.3 is 0 Å². The van der Waals surface area contributed by atoms with E-state index in [1.807, 2.05) is 0 Å². The Morgan fingerprint density at radius 2 is 2.05 bits per heavy atom. The fourth-order valence-corrected chi connectivity index (χ4v) is 2.59. The average molecular weight is 267 g/mol. The van der Waals surface area contributed by atoms with E-state index < -0.39 is 0 Å². The molecule has 0 spiro atoms. The minimum Gasteiger partial charge on any atom is -0.368 e. The molecule has 1 heterocycles. The van der Waals surface area contributed by atoms with Crippen molar-refractivity contribution in [2.45, 2.75) is 71.1 Å². The van der Waals surface area contributed by atoms with Crippen LogP contribution in [0.25, 0.3) is 0 Å². The monoisotopic (exact) mass is 267 g/mol. The fraction of sp³-hybridized carbons (Fsp3) is 0.857. The molecule has 19 heavy (non-hydrogen) atoms. The molecule has 1 fully saturated rings. The van der Waals surface area contributed by atoms with Gasteiger partial charge in [0.05, 0.1) is 6.10 Å². The highest BCUT2D eigenvalue weighted by atomic mass is 16.5. The quantitative estimate of drug-likeness (QED) is 0.822. The Labute approximate surface area is 115 Å². The van der Waals surface area contributed by atoms with E-state index in [4.69, 9.17) is 9.26 Å². The Morgan fingerprint density at radius 3 is 2.74 bits per heavy atom. The van der Waals surface area contributed by atoms with Crippen molar-refractivity contribution in [2.24, 2.45) is 0 Å². The van der Waals surface area contributed by atoms with Gasteiger partial charge in [-0.15, -0.1) is 0 Å². The summed E-state index contributed by atoms with van der Waals surface area (Å²) in [5.74, 6) is 1.40. The predicted molar refractivity (Wildman–Crippen MR) is 72.8 cm³/mol. The Hall–Kier alpha value is -0.940. The third kappa shape index (κ3) is 4.58. The maximum atomic E-state index is 5.86. The van der Waals surface area contributed by atoms with Gasteiger partial charge in [0.2, 0.25) is 0 Å². The van der Waals surface area contributed by atoms with Crippen LogP contribution in [0, 0.1) is 0 Å². The molecule has 2 rings (SSSR count). The molecule has 0 bridgehead atoms. The van der Waals surface area contributed by atoms with Gasteiger partial charge < -0.3 is 14.6 Å². The molecule has 0 unspecified atom stereocenters. The van der Waals surface area contributed by atoms with Crippen LogP contribution in [0.3, 0.4) is 0 Å². The largest absolute Gasteiger partial charge is 0.368 e. The molecule has 1 N–H and O–H groups in total. The highest BCUT2D eigenvalue weighted by Crippen LogP contribution is 2.22. The zero-order chi connectivity index (χ0) is 13.5. The average Bonchev–Trinajstić information content (AvgIpc) is 2.87. The number of aryl methyl sites for hydroxylation is 1. The van der Waals surface area contributed by atoms with E-state index in [2.05, 4.69) is 29.3 Å². The lowest BCUT2D eigenvalue weighted by atomic mass is 9.93. The molecule has 0 aliphatic heterocycles. The molecule has 108 valence electrons. The fourth-order valence-electron chi connectivity index (χ4n) is 2.59. The standard InChI is InChI=1S/C14H25N3O2/c1-3-5-13-16-14(19-17-13)10-18-12-8-6-11(7-9-12)15-4-2/h11-12,15H,3-10H2,1-2H3. The summed E-state index contributed by atoms with van der Waals surface area (Å²) in [6.07, 6.45) is 6.89. The Kier molecular flexibility index (Phi) is 5.79. The van der Waals surface area contributed by atoms with E-state index >= 15 is 0 Å². The zero-order valence-corrected chi connectivity index (χ0v) is 12.0. The number of rotatable bonds is 7. The number of aromatic nitrogens is 2. The second-order valence-electron chi connectivity index (χ2n) is 5.20. The summed E-state index contributed by atoms with van der Waals surface area (Å²) in [6.45, 7) is 5.77. The maximum absolute atomic E-state index is 5.86. The van der Waals surface area contributed by atoms with Gasteiger partial charge in [0.25, 0.3) is 5.89 Å². The molecular weight excluding hydrogens is 242 g/mol. The third-order valence-electron chi connectivity index (χ3n) is 3.59. The maximum Gasteiger partial charge on any atom is 0.252 e. The minimum atomic E-state index is 0.344. The predicted octanol–water partition coefficient (Wildman–Crippen LogP) is 2.46. The van der Waals surface area contributed by atoms with E-state index in [1.54, 1.807) is 0 Å². The van der Waals surface area contributed by atoms with Crippen LogP contribution in [0.15, 0.2) is 4.52 Å². The summed E-state index contributed by atoms with van der Waals surface area (Å²) in [4.78, 5) is 4.31. The molecule has 0 aromatic carbocycles. The highest BCUT2D eigenvalue weighted by molar-refractivity contribution is 4.85. The molecule has 1 aliphatic carbocycles. The van der Waals surface area contributed by atoms with Crippen molar-refractivity contribution in [1.29, 1.82) is 0 Å². The van der Waals surface area contributed by atoms with Gasteiger partial charge in [-0.1, -0.05) is 19.0 Å². The van der Waals surface area contributed by atoms with E-state index in [1.165, 1.54) is 12.8 Å². The van der Waals surface area contributed by atoms with E-state index in [-0.39, 0.29) is 0 Å². The molecule has 0 atom stereocenters. The molecule has 1 aromatic rings. The van der Waals surface area contributed by atoms with Gasteiger partial charge in [0, 0.05) is 12.5 Å². The molecule has 5 heteroatoms. The molecule has 0 saturated heterocycles. The van der Waals surface area contributed by atoms with Crippen molar-refractivity contribution in [1.82, 2.24) is 15.5 Å². The lowest BCUT2D eigenvalue weighted by Crippen LogP contribution is -2.35. The zero-order valence-electron chi connectivity index (χ0n) is 12.0. The summed E-state index contributed by atoms with van der Waals surface area (Å²) >= 11 is 0. The van der Waals surface area contributed by atoms with Crippen molar-refractivity contribution < 1.29 is 9.26 Å². The number of nitrogens with one attached hydrogen (secondary N) is 1. The number of hydrogen-bond donors (Lipinski definition) is 1. The van der Waals surface area contributed by atoms with Crippen LogP contribution in [0.1, 0.15) is 57.7 Å². The van der Waals surface area contributed by atoms with Crippen molar-refractivity contribution in [3.05, 3.63) is 11.7 Å². The first-order valence-electron chi connectivity index (χ1n) is 7.48. The van der Waals surface area contributed by atoms with Crippen molar-refractivity contribution in [3.63, 3.8) is 0 Å². The van der Waals surface area contributed by atoms with Crippen LogP contribution >= 0.6 is 0 Å². The molecule has 1 aromatic heterocycles. The second kappa shape index (κ2) is 7.60. The van der Waals surface area contributed by atoms with E-state index in [0.717, 1.165) is 38.1 Å². The molecule has 5 nitrogen and oxygen atoms in total. The first kappa shape index (κ1) is 14.5. The number of hydrogen-bond acceptors (Lipinski definition) is 5. The van der Waals surface area contributed by atoms with Crippen molar-refractivity contribution >= 4 is 0 Å². The highest BCUT2D eigenvalue weighted by Gasteiger charge is 2.21.